The number of halogens is 1. The molecule has 3 heteroatoms. The molecule has 2 atom stereocenters. The van der Waals surface area contributed by atoms with Crippen LogP contribution in [0.1, 0.15) is 17.9 Å². The summed E-state index contributed by atoms with van der Waals surface area (Å²) < 4.78 is 12.0. The van der Waals surface area contributed by atoms with Crippen molar-refractivity contribution in [2.45, 2.75) is 18.4 Å². The van der Waals surface area contributed by atoms with Crippen molar-refractivity contribution in [3.05, 3.63) is 29.8 Å². The van der Waals surface area contributed by atoms with Crippen molar-refractivity contribution in [3.63, 3.8) is 0 Å². The number of alkyl halides is 1. The first kappa shape index (κ1) is 11.2. The van der Waals surface area contributed by atoms with Crippen molar-refractivity contribution >= 4 is 22.6 Å². The van der Waals surface area contributed by atoms with Crippen LogP contribution in [0.4, 0.5) is 0 Å². The van der Waals surface area contributed by atoms with Gasteiger partial charge in [-0.05, 0) is 24.1 Å². The highest BCUT2D eigenvalue weighted by molar-refractivity contribution is 14.1. The van der Waals surface area contributed by atoms with E-state index in [1.165, 1.54) is 5.56 Å². The first-order chi connectivity index (χ1) is 7.33. The van der Waals surface area contributed by atoms with E-state index in [4.69, 9.17) is 9.47 Å². The lowest BCUT2D eigenvalue weighted by Crippen LogP contribution is -2.05. The molecule has 1 aliphatic heterocycles. The minimum atomic E-state index is 0.432. The molecule has 1 aliphatic rings. The molecule has 1 heterocycles. The summed E-state index contributed by atoms with van der Waals surface area (Å²) in [5, 5.41) is 0. The van der Waals surface area contributed by atoms with Gasteiger partial charge in [-0.1, -0.05) is 34.7 Å². The van der Waals surface area contributed by atoms with Crippen LogP contribution >= 0.6 is 22.6 Å². The highest BCUT2D eigenvalue weighted by atomic mass is 127. The van der Waals surface area contributed by atoms with E-state index >= 15 is 0 Å². The molecule has 0 saturated carbocycles. The molecule has 0 bridgehead atoms. The van der Waals surface area contributed by atoms with Gasteiger partial charge in [0.15, 0.2) is 0 Å². The Kier molecular flexibility index (Phi) is 3.86. The largest absolute Gasteiger partial charge is 0.497 e. The molecule has 0 aliphatic carbocycles. The Hall–Kier alpha value is -0.290. The molecular weight excluding hydrogens is 303 g/mol. The number of rotatable bonds is 3. The van der Waals surface area contributed by atoms with Crippen molar-refractivity contribution in [1.82, 2.24) is 0 Å². The summed E-state index contributed by atoms with van der Waals surface area (Å²) in [4.78, 5) is 0. The fourth-order valence-electron chi connectivity index (χ4n) is 1.94. The van der Waals surface area contributed by atoms with E-state index in [1.807, 2.05) is 12.1 Å². The van der Waals surface area contributed by atoms with E-state index in [1.54, 1.807) is 7.11 Å². The predicted molar refractivity (Wildman–Crippen MR) is 69.0 cm³/mol. The van der Waals surface area contributed by atoms with Crippen LogP contribution in [0.3, 0.4) is 0 Å². The molecule has 2 rings (SSSR count). The summed E-state index contributed by atoms with van der Waals surface area (Å²) in [6, 6.07) is 8.30. The SMILES string of the molecule is COc1cccc([C@@H]2CO[C@@H](CI)C2)c1. The van der Waals surface area contributed by atoms with Crippen molar-refractivity contribution in [2.24, 2.45) is 0 Å². The molecule has 1 saturated heterocycles. The van der Waals surface area contributed by atoms with Crippen LogP contribution in [0.25, 0.3) is 0 Å². The second-order valence-electron chi connectivity index (χ2n) is 3.82. The number of hydrogen-bond donors (Lipinski definition) is 0. The van der Waals surface area contributed by atoms with Crippen LogP contribution < -0.4 is 4.74 Å². The molecule has 0 unspecified atom stereocenters. The third-order valence-electron chi connectivity index (χ3n) is 2.82. The maximum absolute atomic E-state index is 5.69. The minimum Gasteiger partial charge on any atom is -0.497 e. The van der Waals surface area contributed by atoms with Crippen molar-refractivity contribution < 1.29 is 9.47 Å². The summed E-state index contributed by atoms with van der Waals surface area (Å²) in [5.74, 6) is 1.48. The zero-order valence-corrected chi connectivity index (χ0v) is 10.9. The number of ether oxygens (including phenoxy) is 2. The quantitative estimate of drug-likeness (QED) is 0.630. The normalized spacial score (nSPS) is 25.5. The Morgan fingerprint density at radius 3 is 3.07 bits per heavy atom. The third kappa shape index (κ3) is 2.64. The molecule has 0 radical (unpaired) electrons. The molecule has 82 valence electrons. The van der Waals surface area contributed by atoms with Crippen molar-refractivity contribution in [2.75, 3.05) is 18.1 Å². The van der Waals surface area contributed by atoms with Crippen LogP contribution in [0, 0.1) is 0 Å². The van der Waals surface area contributed by atoms with E-state index in [9.17, 15) is 0 Å². The maximum Gasteiger partial charge on any atom is 0.119 e. The summed E-state index contributed by atoms with van der Waals surface area (Å²) in [6.07, 6.45) is 1.57. The third-order valence-corrected chi connectivity index (χ3v) is 3.80. The Morgan fingerprint density at radius 2 is 2.40 bits per heavy atom. The number of hydrogen-bond acceptors (Lipinski definition) is 2. The number of benzene rings is 1. The molecule has 0 spiro atoms. The molecule has 1 aromatic rings. The summed E-state index contributed by atoms with van der Waals surface area (Å²) in [7, 11) is 1.71. The maximum atomic E-state index is 5.69. The lowest BCUT2D eigenvalue weighted by Gasteiger charge is -2.09. The zero-order chi connectivity index (χ0) is 10.7. The van der Waals surface area contributed by atoms with Gasteiger partial charge in [0.25, 0.3) is 0 Å². The van der Waals surface area contributed by atoms with Crippen LogP contribution in [0.5, 0.6) is 5.75 Å². The Balaban J connectivity index is 2.09. The van der Waals surface area contributed by atoms with Gasteiger partial charge in [-0.2, -0.15) is 0 Å². The average molecular weight is 318 g/mol. The molecule has 0 amide bonds. The standard InChI is InChI=1S/C12H15IO2/c1-14-11-4-2-3-9(5-11)10-6-12(7-13)15-8-10/h2-5,10,12H,6-8H2,1H3/t10-,12+/m0/s1. The van der Waals surface area contributed by atoms with Crippen LogP contribution in [-0.2, 0) is 4.74 Å². The molecule has 2 nitrogen and oxygen atoms in total. The van der Waals surface area contributed by atoms with Crippen LogP contribution in [0.15, 0.2) is 24.3 Å². The smallest absolute Gasteiger partial charge is 0.119 e. The average Bonchev–Trinajstić information content (AvgIpc) is 2.78. The Labute approximate surface area is 104 Å². The molecule has 0 aromatic heterocycles. The molecular formula is C12H15IO2. The van der Waals surface area contributed by atoms with Gasteiger partial charge in [-0.15, -0.1) is 0 Å². The zero-order valence-electron chi connectivity index (χ0n) is 8.78. The monoisotopic (exact) mass is 318 g/mol. The van der Waals surface area contributed by atoms with Gasteiger partial charge in [-0.3, -0.25) is 0 Å². The van der Waals surface area contributed by atoms with Gasteiger partial charge < -0.3 is 9.47 Å². The van der Waals surface area contributed by atoms with Crippen LogP contribution in [0.2, 0.25) is 0 Å². The molecule has 1 aromatic carbocycles. The van der Waals surface area contributed by atoms with E-state index in [0.29, 0.717) is 12.0 Å². The van der Waals surface area contributed by atoms with Crippen molar-refractivity contribution in [3.8, 4) is 5.75 Å². The van der Waals surface area contributed by atoms with Gasteiger partial charge in [0.05, 0.1) is 19.8 Å². The molecule has 15 heavy (non-hydrogen) atoms. The van der Waals surface area contributed by atoms with E-state index in [2.05, 4.69) is 34.7 Å². The lowest BCUT2D eigenvalue weighted by molar-refractivity contribution is 0.129. The first-order valence-corrected chi connectivity index (χ1v) is 6.67. The van der Waals surface area contributed by atoms with E-state index in [-0.39, 0.29) is 0 Å². The van der Waals surface area contributed by atoms with Crippen molar-refractivity contribution in [1.29, 1.82) is 0 Å². The highest BCUT2D eigenvalue weighted by Crippen LogP contribution is 2.31. The predicted octanol–water partition coefficient (Wildman–Crippen LogP) is 3.00. The Morgan fingerprint density at radius 1 is 1.53 bits per heavy atom. The summed E-state index contributed by atoms with van der Waals surface area (Å²) in [5.41, 5.74) is 1.33. The lowest BCUT2D eigenvalue weighted by atomic mass is 9.96. The fourth-order valence-corrected chi connectivity index (χ4v) is 2.55. The topological polar surface area (TPSA) is 18.5 Å². The second kappa shape index (κ2) is 5.16. The highest BCUT2D eigenvalue weighted by Gasteiger charge is 2.25. The molecule has 0 N–H and O–H groups in total. The van der Waals surface area contributed by atoms with Gasteiger partial charge in [0.1, 0.15) is 5.75 Å². The molecule has 1 fully saturated rings. The number of methoxy groups -OCH3 is 1. The van der Waals surface area contributed by atoms with Gasteiger partial charge >= 0.3 is 0 Å². The minimum absolute atomic E-state index is 0.432. The van der Waals surface area contributed by atoms with E-state index in [0.717, 1.165) is 23.2 Å². The Bertz CT molecular complexity index is 327. The van der Waals surface area contributed by atoms with Gasteiger partial charge in [0.2, 0.25) is 0 Å². The second-order valence-corrected chi connectivity index (χ2v) is 4.70. The van der Waals surface area contributed by atoms with Gasteiger partial charge in [0, 0.05) is 10.3 Å². The summed E-state index contributed by atoms with van der Waals surface area (Å²) >= 11 is 2.38. The first-order valence-electron chi connectivity index (χ1n) is 5.15. The van der Waals surface area contributed by atoms with E-state index < -0.39 is 0 Å². The van der Waals surface area contributed by atoms with Crippen LogP contribution in [-0.4, -0.2) is 24.2 Å². The summed E-state index contributed by atoms with van der Waals surface area (Å²) in [6.45, 7) is 0.848. The van der Waals surface area contributed by atoms with Gasteiger partial charge in [-0.25, -0.2) is 0 Å². The fraction of sp³-hybridized carbons (Fsp3) is 0.500.